The Morgan fingerprint density at radius 3 is 2.74 bits per heavy atom. The number of nitrogens with one attached hydrogen (secondary N) is 1. The van der Waals surface area contributed by atoms with Crippen LogP contribution in [0.15, 0.2) is 18.2 Å². The second-order valence-corrected chi connectivity index (χ2v) is 5.01. The molecule has 106 valence electrons. The Balaban J connectivity index is 2.50. The highest BCUT2D eigenvalue weighted by molar-refractivity contribution is 5.77. The number of carbonyl (C=O) groups excluding carboxylic acids is 1. The summed E-state index contributed by atoms with van der Waals surface area (Å²) in [5, 5.41) is 2.76. The molecule has 0 atom stereocenters. The van der Waals surface area contributed by atoms with Gasteiger partial charge in [-0.15, -0.1) is 0 Å². The lowest BCUT2D eigenvalue weighted by Gasteiger charge is -2.11. The van der Waals surface area contributed by atoms with E-state index in [4.69, 9.17) is 10.5 Å². The molecule has 0 aliphatic rings. The van der Waals surface area contributed by atoms with Gasteiger partial charge in [-0.1, -0.05) is 19.9 Å². The van der Waals surface area contributed by atoms with Crippen LogP contribution in [0.5, 0.6) is 5.75 Å². The van der Waals surface area contributed by atoms with Gasteiger partial charge < -0.3 is 15.8 Å². The number of hydrogen-bond acceptors (Lipinski definition) is 3. The number of carbonyl (C=O) groups is 1. The molecule has 0 aliphatic carbocycles. The van der Waals surface area contributed by atoms with E-state index in [1.54, 1.807) is 0 Å². The van der Waals surface area contributed by atoms with Crippen LogP contribution in [0.2, 0.25) is 0 Å². The van der Waals surface area contributed by atoms with E-state index in [2.05, 4.69) is 25.2 Å². The highest BCUT2D eigenvalue weighted by atomic mass is 16.5. The lowest BCUT2D eigenvalue weighted by atomic mass is 10.0. The fourth-order valence-corrected chi connectivity index (χ4v) is 1.72. The molecule has 3 N–H and O–H groups in total. The minimum atomic E-state index is -0.110. The summed E-state index contributed by atoms with van der Waals surface area (Å²) in [5.74, 6) is 1.08. The van der Waals surface area contributed by atoms with Gasteiger partial charge in [0.15, 0.2) is 6.61 Å². The minimum Gasteiger partial charge on any atom is -0.484 e. The normalized spacial score (nSPS) is 10.6. The predicted molar refractivity (Wildman–Crippen MR) is 77.4 cm³/mol. The van der Waals surface area contributed by atoms with Crippen molar-refractivity contribution in [1.82, 2.24) is 5.32 Å². The monoisotopic (exact) mass is 264 g/mol. The highest BCUT2D eigenvalue weighted by Gasteiger charge is 2.06. The van der Waals surface area contributed by atoms with Crippen LogP contribution in [0.1, 0.15) is 37.3 Å². The predicted octanol–water partition coefficient (Wildman–Crippen LogP) is 1.96. The van der Waals surface area contributed by atoms with Gasteiger partial charge in [0.25, 0.3) is 5.91 Å². The zero-order valence-corrected chi connectivity index (χ0v) is 12.0. The summed E-state index contributed by atoms with van der Waals surface area (Å²) in [4.78, 5) is 11.5. The first-order valence-electron chi connectivity index (χ1n) is 6.74. The smallest absolute Gasteiger partial charge is 0.257 e. The van der Waals surface area contributed by atoms with Crippen LogP contribution >= 0.6 is 0 Å². The number of rotatable bonds is 7. The minimum absolute atomic E-state index is 0.0472. The molecule has 1 aromatic carbocycles. The van der Waals surface area contributed by atoms with Gasteiger partial charge in [-0.05, 0) is 49.1 Å². The van der Waals surface area contributed by atoms with Crippen LogP contribution in [-0.2, 0) is 4.79 Å². The van der Waals surface area contributed by atoms with E-state index in [1.165, 1.54) is 5.56 Å². The van der Waals surface area contributed by atoms with E-state index in [1.807, 2.05) is 19.1 Å². The first kappa shape index (κ1) is 15.5. The van der Waals surface area contributed by atoms with Gasteiger partial charge in [0.1, 0.15) is 5.75 Å². The molecule has 0 saturated carbocycles. The number of nitrogens with two attached hydrogens (primary N) is 1. The van der Waals surface area contributed by atoms with Gasteiger partial charge in [-0.25, -0.2) is 0 Å². The van der Waals surface area contributed by atoms with Crippen LogP contribution in [0.25, 0.3) is 0 Å². The summed E-state index contributed by atoms with van der Waals surface area (Å²) in [5.41, 5.74) is 7.72. The van der Waals surface area contributed by atoms with Crippen LogP contribution in [-0.4, -0.2) is 25.6 Å². The van der Waals surface area contributed by atoms with Crippen molar-refractivity contribution in [2.45, 2.75) is 33.1 Å². The Hall–Kier alpha value is -1.55. The number of benzene rings is 1. The molecular formula is C15H24N2O2. The third kappa shape index (κ3) is 5.75. The van der Waals surface area contributed by atoms with Crippen LogP contribution in [0.4, 0.5) is 0 Å². The summed E-state index contributed by atoms with van der Waals surface area (Å²) in [6.45, 7) is 7.53. The maximum atomic E-state index is 11.5. The van der Waals surface area contributed by atoms with E-state index in [9.17, 15) is 4.79 Å². The number of ether oxygens (including phenoxy) is 1. The summed E-state index contributed by atoms with van der Waals surface area (Å²) in [7, 11) is 0. The zero-order chi connectivity index (χ0) is 14.3. The van der Waals surface area contributed by atoms with Crippen molar-refractivity contribution in [3.63, 3.8) is 0 Å². The van der Waals surface area contributed by atoms with E-state index in [-0.39, 0.29) is 12.5 Å². The van der Waals surface area contributed by atoms with E-state index < -0.39 is 0 Å². The molecule has 4 nitrogen and oxygen atoms in total. The number of aryl methyl sites for hydroxylation is 1. The lowest BCUT2D eigenvalue weighted by molar-refractivity contribution is -0.123. The van der Waals surface area contributed by atoms with E-state index in [0.717, 1.165) is 17.7 Å². The summed E-state index contributed by atoms with van der Waals surface area (Å²) < 4.78 is 5.53. The molecule has 0 spiro atoms. The topological polar surface area (TPSA) is 64.3 Å². The Morgan fingerprint density at radius 2 is 2.11 bits per heavy atom. The third-order valence-electron chi connectivity index (χ3n) is 2.81. The average Bonchev–Trinajstić information content (AvgIpc) is 2.36. The van der Waals surface area contributed by atoms with Gasteiger partial charge in [0.05, 0.1) is 0 Å². The number of hydrogen-bond donors (Lipinski definition) is 2. The molecule has 1 aromatic rings. The Kier molecular flexibility index (Phi) is 6.36. The third-order valence-corrected chi connectivity index (χ3v) is 2.81. The molecule has 19 heavy (non-hydrogen) atoms. The van der Waals surface area contributed by atoms with Crippen molar-refractivity contribution in [2.24, 2.45) is 5.73 Å². The van der Waals surface area contributed by atoms with Gasteiger partial charge in [0, 0.05) is 6.54 Å². The van der Waals surface area contributed by atoms with E-state index in [0.29, 0.717) is 19.0 Å². The van der Waals surface area contributed by atoms with Crippen LogP contribution < -0.4 is 15.8 Å². The first-order valence-corrected chi connectivity index (χ1v) is 6.74. The quantitative estimate of drug-likeness (QED) is 0.740. The molecule has 0 heterocycles. The standard InChI is InChI=1S/C15H24N2O2/c1-11(2)13-7-12(3)8-14(9-13)19-10-15(18)17-6-4-5-16/h7-9,11H,4-6,10,16H2,1-3H3,(H,17,18). The van der Waals surface area contributed by atoms with Crippen LogP contribution in [0.3, 0.4) is 0 Å². The molecule has 0 radical (unpaired) electrons. The zero-order valence-electron chi connectivity index (χ0n) is 12.0. The largest absolute Gasteiger partial charge is 0.484 e. The van der Waals surface area contributed by atoms with Crippen LogP contribution in [0, 0.1) is 6.92 Å². The highest BCUT2D eigenvalue weighted by Crippen LogP contribution is 2.22. The molecule has 4 heteroatoms. The molecule has 1 amide bonds. The molecule has 0 aliphatic heterocycles. The van der Waals surface area contributed by atoms with Crippen molar-refractivity contribution >= 4 is 5.91 Å². The van der Waals surface area contributed by atoms with Gasteiger partial charge in [-0.3, -0.25) is 4.79 Å². The fraction of sp³-hybridized carbons (Fsp3) is 0.533. The molecule has 0 fully saturated rings. The SMILES string of the molecule is Cc1cc(OCC(=O)NCCCN)cc(C(C)C)c1. The van der Waals surface area contributed by atoms with Crippen molar-refractivity contribution in [3.05, 3.63) is 29.3 Å². The summed E-state index contributed by atoms with van der Waals surface area (Å²) in [6.07, 6.45) is 0.785. The van der Waals surface area contributed by atoms with Crippen molar-refractivity contribution in [2.75, 3.05) is 19.7 Å². The lowest BCUT2D eigenvalue weighted by Crippen LogP contribution is -2.30. The second-order valence-electron chi connectivity index (χ2n) is 5.01. The Bertz CT molecular complexity index is 417. The summed E-state index contributed by atoms with van der Waals surface area (Å²) >= 11 is 0. The van der Waals surface area contributed by atoms with Crippen molar-refractivity contribution in [1.29, 1.82) is 0 Å². The van der Waals surface area contributed by atoms with Gasteiger partial charge in [-0.2, -0.15) is 0 Å². The fourth-order valence-electron chi connectivity index (χ4n) is 1.72. The summed E-state index contributed by atoms with van der Waals surface area (Å²) in [6, 6.07) is 6.07. The van der Waals surface area contributed by atoms with Crippen molar-refractivity contribution < 1.29 is 9.53 Å². The average molecular weight is 264 g/mol. The molecule has 0 saturated heterocycles. The van der Waals surface area contributed by atoms with Crippen molar-refractivity contribution in [3.8, 4) is 5.75 Å². The Labute approximate surface area is 115 Å². The van der Waals surface area contributed by atoms with E-state index >= 15 is 0 Å². The molecule has 0 aromatic heterocycles. The molecular weight excluding hydrogens is 240 g/mol. The maximum Gasteiger partial charge on any atom is 0.257 e. The van der Waals surface area contributed by atoms with Gasteiger partial charge >= 0.3 is 0 Å². The Morgan fingerprint density at radius 1 is 1.37 bits per heavy atom. The van der Waals surface area contributed by atoms with Gasteiger partial charge in [0.2, 0.25) is 0 Å². The molecule has 0 bridgehead atoms. The second kappa shape index (κ2) is 7.79. The number of amides is 1. The maximum absolute atomic E-state index is 11.5. The molecule has 0 unspecified atom stereocenters. The molecule has 1 rings (SSSR count). The first-order chi connectivity index (χ1) is 9.02.